The summed E-state index contributed by atoms with van der Waals surface area (Å²) in [6, 6.07) is 16.0. The van der Waals surface area contributed by atoms with Crippen LogP contribution in [0.2, 0.25) is 0 Å². The van der Waals surface area contributed by atoms with Crippen LogP contribution in [0.1, 0.15) is 23.2 Å². The fourth-order valence-electron chi connectivity index (χ4n) is 4.43. The van der Waals surface area contributed by atoms with Gasteiger partial charge >= 0.3 is 5.69 Å². The molecule has 2 heterocycles. The molecular formula is C25H24N4O5. The maximum absolute atomic E-state index is 12.9. The van der Waals surface area contributed by atoms with Gasteiger partial charge in [0.1, 0.15) is 0 Å². The number of fused-ring (bicyclic) bond motifs is 2. The molecule has 9 heteroatoms. The standard InChI is InChI=1S/C25H24N4O5/c1-34-24-13-16(3-7-23(24)29(32)33)15-2-5-19-21(12-15)26-22-14-17(4-6-20(22)27-25(19)31)28-10-8-18(30)9-11-28/h2-7,12-14,18,26,30H,8-11H2,1H3,(H,27,31). The first kappa shape index (κ1) is 21.7. The van der Waals surface area contributed by atoms with E-state index < -0.39 is 4.92 Å². The fourth-order valence-corrected chi connectivity index (χ4v) is 4.43. The predicted molar refractivity (Wildman–Crippen MR) is 130 cm³/mol. The molecule has 0 atom stereocenters. The number of hydrogen-bond donors (Lipinski definition) is 3. The lowest BCUT2D eigenvalue weighted by Crippen LogP contribution is -2.35. The molecule has 0 saturated carbocycles. The molecule has 1 amide bonds. The molecule has 2 aliphatic rings. The molecule has 0 bridgehead atoms. The molecule has 0 spiro atoms. The highest BCUT2D eigenvalue weighted by Crippen LogP contribution is 2.38. The number of carbonyl (C=O) groups excluding carboxylic acids is 1. The van der Waals surface area contributed by atoms with Crippen LogP contribution in [0.3, 0.4) is 0 Å². The summed E-state index contributed by atoms with van der Waals surface area (Å²) in [4.78, 5) is 25.8. The number of piperidine rings is 1. The van der Waals surface area contributed by atoms with Crippen molar-refractivity contribution in [1.82, 2.24) is 0 Å². The van der Waals surface area contributed by atoms with Crippen molar-refractivity contribution in [1.29, 1.82) is 0 Å². The number of amides is 1. The second-order valence-electron chi connectivity index (χ2n) is 8.43. The van der Waals surface area contributed by atoms with Crippen molar-refractivity contribution in [2.45, 2.75) is 18.9 Å². The first-order valence-electron chi connectivity index (χ1n) is 11.1. The summed E-state index contributed by atoms with van der Waals surface area (Å²) < 4.78 is 5.20. The van der Waals surface area contributed by atoms with E-state index in [1.807, 2.05) is 24.3 Å². The maximum Gasteiger partial charge on any atom is 0.310 e. The van der Waals surface area contributed by atoms with E-state index in [1.165, 1.54) is 13.2 Å². The van der Waals surface area contributed by atoms with Crippen LogP contribution in [0, 0.1) is 10.1 Å². The third-order valence-electron chi connectivity index (χ3n) is 6.32. The number of methoxy groups -OCH3 is 1. The quantitative estimate of drug-likeness (QED) is 0.386. The molecular weight excluding hydrogens is 436 g/mol. The summed E-state index contributed by atoms with van der Waals surface area (Å²) >= 11 is 0. The zero-order valence-electron chi connectivity index (χ0n) is 18.6. The van der Waals surface area contributed by atoms with Gasteiger partial charge in [-0.2, -0.15) is 0 Å². The molecule has 3 aromatic rings. The molecule has 0 aliphatic carbocycles. The number of nitro benzene ring substituents is 1. The summed E-state index contributed by atoms with van der Waals surface area (Å²) in [6.45, 7) is 1.55. The van der Waals surface area contributed by atoms with Crippen LogP contribution < -0.4 is 20.3 Å². The number of nitrogens with zero attached hydrogens (tertiary/aromatic N) is 2. The highest BCUT2D eigenvalue weighted by Gasteiger charge is 2.23. The van der Waals surface area contributed by atoms with E-state index in [0.29, 0.717) is 16.9 Å². The Balaban J connectivity index is 1.50. The van der Waals surface area contributed by atoms with Crippen molar-refractivity contribution < 1.29 is 19.6 Å². The van der Waals surface area contributed by atoms with Crippen LogP contribution in [0.4, 0.5) is 28.4 Å². The SMILES string of the molecule is COc1cc(-c2ccc3c(c2)Nc2cc(N4CCC(O)CC4)ccc2NC3=O)ccc1[N+](=O)[O-]. The molecule has 3 aromatic carbocycles. The monoisotopic (exact) mass is 460 g/mol. The van der Waals surface area contributed by atoms with Gasteiger partial charge in [0.15, 0.2) is 5.75 Å². The number of ether oxygens (including phenoxy) is 1. The minimum atomic E-state index is -0.483. The number of anilines is 4. The van der Waals surface area contributed by atoms with E-state index in [4.69, 9.17) is 4.74 Å². The smallest absolute Gasteiger partial charge is 0.310 e. The molecule has 34 heavy (non-hydrogen) atoms. The van der Waals surface area contributed by atoms with Crippen molar-refractivity contribution >= 4 is 34.3 Å². The molecule has 1 fully saturated rings. The predicted octanol–water partition coefficient (Wildman–Crippen LogP) is 4.54. The molecule has 1 saturated heterocycles. The van der Waals surface area contributed by atoms with Crippen LogP contribution in [0.25, 0.3) is 11.1 Å². The zero-order chi connectivity index (χ0) is 23.8. The third-order valence-corrected chi connectivity index (χ3v) is 6.32. The van der Waals surface area contributed by atoms with E-state index in [-0.39, 0.29) is 23.4 Å². The Bertz CT molecular complexity index is 1280. The zero-order valence-corrected chi connectivity index (χ0v) is 18.6. The lowest BCUT2D eigenvalue weighted by Gasteiger charge is -2.32. The second-order valence-corrected chi connectivity index (χ2v) is 8.43. The summed E-state index contributed by atoms with van der Waals surface area (Å²) in [6.07, 6.45) is 1.20. The second kappa shape index (κ2) is 8.68. The Morgan fingerprint density at radius 3 is 2.44 bits per heavy atom. The van der Waals surface area contributed by atoms with Crippen LogP contribution in [-0.4, -0.2) is 42.2 Å². The average molecular weight is 460 g/mol. The minimum Gasteiger partial charge on any atom is -0.490 e. The van der Waals surface area contributed by atoms with Crippen LogP contribution in [0.15, 0.2) is 54.6 Å². The molecule has 174 valence electrons. The Morgan fingerprint density at radius 1 is 0.971 bits per heavy atom. The fraction of sp³-hybridized carbons (Fsp3) is 0.240. The van der Waals surface area contributed by atoms with Crippen LogP contribution in [0.5, 0.6) is 5.75 Å². The van der Waals surface area contributed by atoms with Gasteiger partial charge in [-0.3, -0.25) is 14.9 Å². The van der Waals surface area contributed by atoms with Crippen molar-refractivity contribution in [3.05, 3.63) is 70.3 Å². The Labute approximate surface area is 196 Å². The number of benzene rings is 3. The Hall–Kier alpha value is -4.11. The van der Waals surface area contributed by atoms with Crippen molar-refractivity contribution in [2.24, 2.45) is 0 Å². The maximum atomic E-state index is 12.9. The van der Waals surface area contributed by atoms with E-state index in [1.54, 1.807) is 24.3 Å². The van der Waals surface area contributed by atoms with E-state index in [2.05, 4.69) is 15.5 Å². The molecule has 0 aromatic heterocycles. The molecule has 5 rings (SSSR count). The Morgan fingerprint density at radius 2 is 1.71 bits per heavy atom. The molecule has 3 N–H and O–H groups in total. The van der Waals surface area contributed by atoms with Gasteiger partial charge in [-0.15, -0.1) is 0 Å². The lowest BCUT2D eigenvalue weighted by molar-refractivity contribution is -0.385. The number of rotatable bonds is 4. The topological polar surface area (TPSA) is 117 Å². The summed E-state index contributed by atoms with van der Waals surface area (Å²) in [5.74, 6) is -0.0484. The largest absolute Gasteiger partial charge is 0.490 e. The van der Waals surface area contributed by atoms with E-state index in [9.17, 15) is 20.0 Å². The number of nitro groups is 1. The van der Waals surface area contributed by atoms with Crippen LogP contribution >= 0.6 is 0 Å². The molecule has 0 radical (unpaired) electrons. The lowest BCUT2D eigenvalue weighted by atomic mass is 10.0. The number of aliphatic hydroxyl groups is 1. The van der Waals surface area contributed by atoms with Gasteiger partial charge in [-0.1, -0.05) is 6.07 Å². The van der Waals surface area contributed by atoms with Crippen molar-refractivity contribution in [2.75, 3.05) is 35.7 Å². The first-order chi connectivity index (χ1) is 16.4. The molecule has 2 aliphatic heterocycles. The average Bonchev–Trinajstić information content (AvgIpc) is 2.98. The van der Waals surface area contributed by atoms with Gasteiger partial charge in [-0.05, 0) is 66.4 Å². The summed E-state index contributed by atoms with van der Waals surface area (Å²) in [5.41, 5.74) is 5.02. The van der Waals surface area contributed by atoms with Crippen molar-refractivity contribution in [3.8, 4) is 16.9 Å². The van der Waals surface area contributed by atoms with E-state index in [0.717, 1.165) is 48.4 Å². The van der Waals surface area contributed by atoms with Gasteiger partial charge in [0.25, 0.3) is 5.91 Å². The highest BCUT2D eigenvalue weighted by atomic mass is 16.6. The van der Waals surface area contributed by atoms with Gasteiger partial charge < -0.3 is 25.4 Å². The Kier molecular flexibility index (Phi) is 5.54. The molecule has 9 nitrogen and oxygen atoms in total. The first-order valence-corrected chi connectivity index (χ1v) is 11.1. The van der Waals surface area contributed by atoms with Gasteiger partial charge in [0.05, 0.1) is 40.8 Å². The van der Waals surface area contributed by atoms with Gasteiger partial charge in [0, 0.05) is 24.8 Å². The van der Waals surface area contributed by atoms with Gasteiger partial charge in [-0.25, -0.2) is 0 Å². The summed E-state index contributed by atoms with van der Waals surface area (Å²) in [5, 5.41) is 27.4. The minimum absolute atomic E-state index is 0.106. The van der Waals surface area contributed by atoms with E-state index >= 15 is 0 Å². The number of nitrogens with one attached hydrogen (secondary N) is 2. The normalized spacial score (nSPS) is 15.5. The number of carbonyl (C=O) groups is 1. The third kappa shape index (κ3) is 4.01. The summed E-state index contributed by atoms with van der Waals surface area (Å²) in [7, 11) is 1.40. The van der Waals surface area contributed by atoms with Crippen LogP contribution in [-0.2, 0) is 0 Å². The number of hydrogen-bond acceptors (Lipinski definition) is 7. The number of aliphatic hydroxyl groups excluding tert-OH is 1. The molecule has 0 unspecified atom stereocenters. The van der Waals surface area contributed by atoms with Crippen molar-refractivity contribution in [3.63, 3.8) is 0 Å². The highest BCUT2D eigenvalue weighted by molar-refractivity contribution is 6.12. The van der Waals surface area contributed by atoms with Gasteiger partial charge in [0.2, 0.25) is 0 Å².